The van der Waals surface area contributed by atoms with Gasteiger partial charge in [-0.3, -0.25) is 4.79 Å². The van der Waals surface area contributed by atoms with Gasteiger partial charge in [0.2, 0.25) is 15.9 Å². The van der Waals surface area contributed by atoms with Crippen LogP contribution in [0.5, 0.6) is 11.5 Å². The van der Waals surface area contributed by atoms with Gasteiger partial charge in [0.05, 0.1) is 20.1 Å². The maximum atomic E-state index is 13.4. The van der Waals surface area contributed by atoms with Crippen molar-refractivity contribution in [2.45, 2.75) is 37.5 Å². The van der Waals surface area contributed by atoms with E-state index < -0.39 is 15.9 Å². The molecule has 0 radical (unpaired) electrons. The first-order chi connectivity index (χ1) is 14.8. The standard InChI is InChI=1S/C23H30N2O5S/c1-16(2)17-10-11-21(30-4)22(13-17)31(27,28)25-12-6-7-18(15-25)23(26)24-19-8-5-9-20(14-19)29-3/h5,8-11,13-14,16,18H,6-7,12,15H2,1-4H3,(H,24,26)/t18-/m0/s1. The zero-order chi connectivity index (χ0) is 22.6. The van der Waals surface area contributed by atoms with Crippen molar-refractivity contribution in [3.8, 4) is 11.5 Å². The largest absolute Gasteiger partial charge is 0.497 e. The molecule has 1 amide bonds. The van der Waals surface area contributed by atoms with Crippen LogP contribution in [0, 0.1) is 5.92 Å². The van der Waals surface area contributed by atoms with Gasteiger partial charge >= 0.3 is 0 Å². The molecule has 1 aliphatic heterocycles. The highest BCUT2D eigenvalue weighted by molar-refractivity contribution is 7.89. The summed E-state index contributed by atoms with van der Waals surface area (Å²) in [4.78, 5) is 13.0. The first-order valence-electron chi connectivity index (χ1n) is 10.4. The molecule has 31 heavy (non-hydrogen) atoms. The number of carbonyl (C=O) groups excluding carboxylic acids is 1. The molecule has 1 heterocycles. The third-order valence-electron chi connectivity index (χ3n) is 5.56. The van der Waals surface area contributed by atoms with Crippen molar-refractivity contribution in [2.24, 2.45) is 5.92 Å². The lowest BCUT2D eigenvalue weighted by molar-refractivity contribution is -0.120. The molecule has 1 fully saturated rings. The summed E-state index contributed by atoms with van der Waals surface area (Å²) in [6.45, 7) is 4.53. The number of methoxy groups -OCH3 is 2. The van der Waals surface area contributed by atoms with Gasteiger partial charge in [0.15, 0.2) is 0 Å². The van der Waals surface area contributed by atoms with E-state index in [1.54, 1.807) is 43.5 Å². The van der Waals surface area contributed by atoms with E-state index in [1.165, 1.54) is 11.4 Å². The summed E-state index contributed by atoms with van der Waals surface area (Å²) in [5.41, 5.74) is 1.54. The number of benzene rings is 2. The molecule has 2 aromatic rings. The topological polar surface area (TPSA) is 84.9 Å². The van der Waals surface area contributed by atoms with Gasteiger partial charge in [0.25, 0.3) is 0 Å². The average Bonchev–Trinajstić information content (AvgIpc) is 2.78. The zero-order valence-electron chi connectivity index (χ0n) is 18.4. The molecule has 1 saturated heterocycles. The van der Waals surface area contributed by atoms with E-state index in [0.717, 1.165) is 5.56 Å². The molecule has 1 aliphatic rings. The van der Waals surface area contributed by atoms with E-state index in [4.69, 9.17) is 9.47 Å². The summed E-state index contributed by atoms with van der Waals surface area (Å²) in [6.07, 6.45) is 1.24. The zero-order valence-corrected chi connectivity index (χ0v) is 19.2. The second-order valence-corrected chi connectivity index (χ2v) is 9.89. The van der Waals surface area contributed by atoms with Crippen LogP contribution in [0.3, 0.4) is 0 Å². The lowest BCUT2D eigenvalue weighted by Gasteiger charge is -2.31. The van der Waals surface area contributed by atoms with Gasteiger partial charge in [0, 0.05) is 24.8 Å². The number of rotatable bonds is 7. The number of piperidine rings is 1. The van der Waals surface area contributed by atoms with E-state index in [9.17, 15) is 13.2 Å². The Balaban J connectivity index is 1.80. The number of hydrogen-bond donors (Lipinski definition) is 1. The predicted octanol–water partition coefficient (Wildman–Crippen LogP) is 3.87. The fourth-order valence-electron chi connectivity index (χ4n) is 3.71. The number of nitrogens with one attached hydrogen (secondary N) is 1. The summed E-state index contributed by atoms with van der Waals surface area (Å²) in [6, 6.07) is 12.3. The maximum absolute atomic E-state index is 13.4. The summed E-state index contributed by atoms with van der Waals surface area (Å²) in [5.74, 6) is 0.503. The van der Waals surface area contributed by atoms with Gasteiger partial charge in [-0.1, -0.05) is 26.0 Å². The molecule has 2 aromatic carbocycles. The minimum Gasteiger partial charge on any atom is -0.497 e. The number of ether oxygens (including phenoxy) is 2. The van der Waals surface area contributed by atoms with E-state index in [1.807, 2.05) is 19.9 Å². The van der Waals surface area contributed by atoms with Crippen LogP contribution in [-0.2, 0) is 14.8 Å². The quantitative estimate of drug-likeness (QED) is 0.698. The van der Waals surface area contributed by atoms with Crippen molar-refractivity contribution in [2.75, 3.05) is 32.6 Å². The molecule has 7 nitrogen and oxygen atoms in total. The molecular formula is C23H30N2O5S. The Morgan fingerprint density at radius 2 is 1.90 bits per heavy atom. The first kappa shape index (κ1) is 23.1. The molecule has 1 N–H and O–H groups in total. The van der Waals surface area contributed by atoms with E-state index in [0.29, 0.717) is 36.6 Å². The first-order valence-corrected chi connectivity index (χ1v) is 11.8. The number of nitrogens with zero attached hydrogens (tertiary/aromatic N) is 1. The highest BCUT2D eigenvalue weighted by atomic mass is 32.2. The normalized spacial score (nSPS) is 17.4. The second kappa shape index (κ2) is 9.70. The molecule has 1 atom stereocenters. The predicted molar refractivity (Wildman–Crippen MR) is 120 cm³/mol. The van der Waals surface area contributed by atoms with Crippen LogP contribution in [0.2, 0.25) is 0 Å². The second-order valence-electron chi connectivity index (χ2n) is 7.99. The SMILES string of the molecule is COc1cccc(NC(=O)[C@H]2CCCN(S(=O)(=O)c3cc(C(C)C)ccc3OC)C2)c1. The highest BCUT2D eigenvalue weighted by Gasteiger charge is 2.35. The number of amides is 1. The van der Waals surface area contributed by atoms with Crippen molar-refractivity contribution in [1.29, 1.82) is 0 Å². The maximum Gasteiger partial charge on any atom is 0.246 e. The molecule has 8 heteroatoms. The number of anilines is 1. The Hall–Kier alpha value is -2.58. The molecule has 168 valence electrons. The number of hydrogen-bond acceptors (Lipinski definition) is 5. The Kier molecular flexibility index (Phi) is 7.23. The monoisotopic (exact) mass is 446 g/mol. The van der Waals surface area contributed by atoms with Crippen LogP contribution in [0.4, 0.5) is 5.69 Å². The third kappa shape index (κ3) is 5.19. The Morgan fingerprint density at radius 1 is 1.13 bits per heavy atom. The highest BCUT2D eigenvalue weighted by Crippen LogP contribution is 2.32. The summed E-state index contributed by atoms with van der Waals surface area (Å²) < 4.78 is 38.8. The van der Waals surface area contributed by atoms with Crippen molar-refractivity contribution in [3.05, 3.63) is 48.0 Å². The molecular weight excluding hydrogens is 416 g/mol. The molecule has 0 unspecified atom stereocenters. The van der Waals surface area contributed by atoms with Crippen LogP contribution >= 0.6 is 0 Å². The van der Waals surface area contributed by atoms with Crippen molar-refractivity contribution >= 4 is 21.6 Å². The summed E-state index contributed by atoms with van der Waals surface area (Å²) >= 11 is 0. The van der Waals surface area contributed by atoms with Gasteiger partial charge < -0.3 is 14.8 Å². The van der Waals surface area contributed by atoms with E-state index in [-0.39, 0.29) is 23.3 Å². The van der Waals surface area contributed by atoms with Crippen LogP contribution in [-0.4, -0.2) is 45.9 Å². The van der Waals surface area contributed by atoms with E-state index >= 15 is 0 Å². The smallest absolute Gasteiger partial charge is 0.246 e. The van der Waals surface area contributed by atoms with Gasteiger partial charge in [-0.2, -0.15) is 4.31 Å². The molecule has 0 spiro atoms. The molecule has 0 saturated carbocycles. The molecule has 3 rings (SSSR count). The lowest BCUT2D eigenvalue weighted by Crippen LogP contribution is -2.43. The fourth-order valence-corrected chi connectivity index (χ4v) is 5.43. The minimum atomic E-state index is -3.80. The van der Waals surface area contributed by atoms with Crippen molar-refractivity contribution < 1.29 is 22.7 Å². The average molecular weight is 447 g/mol. The Morgan fingerprint density at radius 3 is 2.58 bits per heavy atom. The van der Waals surface area contributed by atoms with Crippen LogP contribution in [0.15, 0.2) is 47.4 Å². The molecule has 0 aliphatic carbocycles. The number of carbonyl (C=O) groups is 1. The van der Waals surface area contributed by atoms with Gasteiger partial charge in [-0.15, -0.1) is 0 Å². The van der Waals surface area contributed by atoms with Gasteiger partial charge in [-0.25, -0.2) is 8.42 Å². The molecule has 0 aromatic heterocycles. The van der Waals surface area contributed by atoms with Gasteiger partial charge in [-0.05, 0) is 48.6 Å². The third-order valence-corrected chi connectivity index (χ3v) is 7.45. The number of sulfonamides is 1. The van der Waals surface area contributed by atoms with E-state index in [2.05, 4.69) is 5.32 Å². The summed E-state index contributed by atoms with van der Waals surface area (Å²) in [5, 5.41) is 2.88. The van der Waals surface area contributed by atoms with Crippen molar-refractivity contribution in [1.82, 2.24) is 4.31 Å². The lowest BCUT2D eigenvalue weighted by atomic mass is 9.98. The van der Waals surface area contributed by atoms with Crippen molar-refractivity contribution in [3.63, 3.8) is 0 Å². The fraction of sp³-hybridized carbons (Fsp3) is 0.435. The Bertz CT molecular complexity index is 1040. The molecule has 0 bridgehead atoms. The van der Waals surface area contributed by atoms with Crippen LogP contribution in [0.25, 0.3) is 0 Å². The van der Waals surface area contributed by atoms with Crippen LogP contribution < -0.4 is 14.8 Å². The van der Waals surface area contributed by atoms with Gasteiger partial charge in [0.1, 0.15) is 16.4 Å². The Labute approximate surface area is 184 Å². The van der Waals surface area contributed by atoms with Crippen LogP contribution in [0.1, 0.15) is 38.2 Å². The minimum absolute atomic E-state index is 0.132. The summed E-state index contributed by atoms with van der Waals surface area (Å²) in [7, 11) is -0.777.